The Kier molecular flexibility index (Phi) is 4.70. The van der Waals surface area contributed by atoms with Gasteiger partial charge in [0.25, 0.3) is 5.89 Å². The Labute approximate surface area is 144 Å². The quantitative estimate of drug-likeness (QED) is 0.525. The van der Waals surface area contributed by atoms with Gasteiger partial charge in [0.2, 0.25) is 5.89 Å². The highest BCUT2D eigenvalue weighted by molar-refractivity contribution is 6.14. The molecule has 1 aromatic heterocycles. The van der Waals surface area contributed by atoms with E-state index >= 15 is 0 Å². The summed E-state index contributed by atoms with van der Waals surface area (Å²) in [5, 5.41) is 7.43. The van der Waals surface area contributed by atoms with Crippen molar-refractivity contribution in [3.8, 4) is 0 Å². The topological polar surface area (TPSA) is 82.3 Å². The smallest absolute Gasteiger partial charge is 0.339 e. The maximum Gasteiger partial charge on any atom is 0.339 e. The number of aromatic nitrogens is 2. The fraction of sp³-hybridized carbons (Fsp3) is 0.158. The van der Waals surface area contributed by atoms with Gasteiger partial charge in [0.1, 0.15) is 0 Å². The van der Waals surface area contributed by atoms with E-state index < -0.39 is 5.97 Å². The molecule has 0 saturated carbocycles. The van der Waals surface area contributed by atoms with Crippen LogP contribution in [0, 0.1) is 13.8 Å². The molecule has 0 aliphatic carbocycles. The number of ketones is 1. The SMILES string of the molecule is Cc1ccc(C(=O)c2ccccc2C(=O)OCc2nnc(C)o2)cc1. The number of esters is 1. The third-order valence-electron chi connectivity index (χ3n) is 3.60. The minimum Gasteiger partial charge on any atom is -0.452 e. The zero-order chi connectivity index (χ0) is 17.8. The van der Waals surface area contributed by atoms with Crippen LogP contribution >= 0.6 is 0 Å². The highest BCUT2D eigenvalue weighted by Crippen LogP contribution is 2.17. The first-order valence-electron chi connectivity index (χ1n) is 7.71. The van der Waals surface area contributed by atoms with E-state index in [0.717, 1.165) is 5.56 Å². The van der Waals surface area contributed by atoms with Gasteiger partial charge in [-0.25, -0.2) is 4.79 Å². The normalized spacial score (nSPS) is 10.5. The van der Waals surface area contributed by atoms with E-state index in [1.807, 2.05) is 19.1 Å². The van der Waals surface area contributed by atoms with Crippen molar-refractivity contribution in [3.05, 3.63) is 82.6 Å². The lowest BCUT2D eigenvalue weighted by molar-refractivity contribution is 0.0434. The van der Waals surface area contributed by atoms with Crippen molar-refractivity contribution in [3.63, 3.8) is 0 Å². The summed E-state index contributed by atoms with van der Waals surface area (Å²) in [5.41, 5.74) is 2.06. The lowest BCUT2D eigenvalue weighted by atomic mass is 9.98. The molecule has 6 nitrogen and oxygen atoms in total. The summed E-state index contributed by atoms with van der Waals surface area (Å²) >= 11 is 0. The van der Waals surface area contributed by atoms with Crippen molar-refractivity contribution < 1.29 is 18.7 Å². The summed E-state index contributed by atoms with van der Waals surface area (Å²) in [7, 11) is 0. The Hall–Kier alpha value is -3.28. The summed E-state index contributed by atoms with van der Waals surface area (Å²) in [6.07, 6.45) is 0. The van der Waals surface area contributed by atoms with Crippen molar-refractivity contribution in [2.75, 3.05) is 0 Å². The van der Waals surface area contributed by atoms with E-state index in [9.17, 15) is 9.59 Å². The number of rotatable bonds is 5. The van der Waals surface area contributed by atoms with Crippen LogP contribution in [0.15, 0.2) is 52.9 Å². The zero-order valence-corrected chi connectivity index (χ0v) is 13.9. The number of carbonyl (C=O) groups is 2. The van der Waals surface area contributed by atoms with Crippen LogP contribution < -0.4 is 0 Å². The highest BCUT2D eigenvalue weighted by atomic mass is 16.5. The molecule has 3 rings (SSSR count). The molecule has 0 bridgehead atoms. The predicted octanol–water partition coefficient (Wildman–Crippen LogP) is 3.27. The van der Waals surface area contributed by atoms with Gasteiger partial charge in [-0.1, -0.05) is 48.0 Å². The van der Waals surface area contributed by atoms with E-state index in [-0.39, 0.29) is 29.4 Å². The van der Waals surface area contributed by atoms with Crippen LogP contribution in [-0.2, 0) is 11.3 Å². The molecule has 25 heavy (non-hydrogen) atoms. The molecule has 126 valence electrons. The van der Waals surface area contributed by atoms with Gasteiger partial charge in [-0.2, -0.15) is 0 Å². The molecule has 1 heterocycles. The first-order valence-corrected chi connectivity index (χ1v) is 7.71. The molecule has 0 radical (unpaired) electrons. The number of ether oxygens (including phenoxy) is 1. The summed E-state index contributed by atoms with van der Waals surface area (Å²) < 4.78 is 10.3. The molecule has 0 fully saturated rings. The second kappa shape index (κ2) is 7.09. The third-order valence-corrected chi connectivity index (χ3v) is 3.60. The van der Waals surface area contributed by atoms with Crippen molar-refractivity contribution in [1.29, 1.82) is 0 Å². The van der Waals surface area contributed by atoms with Crippen molar-refractivity contribution in [2.45, 2.75) is 20.5 Å². The van der Waals surface area contributed by atoms with Gasteiger partial charge in [0, 0.05) is 18.1 Å². The van der Waals surface area contributed by atoms with Gasteiger partial charge in [0.05, 0.1) is 5.56 Å². The molecule has 0 atom stereocenters. The Balaban J connectivity index is 1.81. The molecule has 0 amide bonds. The monoisotopic (exact) mass is 336 g/mol. The van der Waals surface area contributed by atoms with Crippen molar-refractivity contribution >= 4 is 11.8 Å². The Morgan fingerprint density at radius 3 is 2.28 bits per heavy atom. The van der Waals surface area contributed by atoms with Gasteiger partial charge in [-0.3, -0.25) is 4.79 Å². The van der Waals surface area contributed by atoms with Crippen LogP contribution in [0.25, 0.3) is 0 Å². The van der Waals surface area contributed by atoms with Gasteiger partial charge in [-0.15, -0.1) is 10.2 Å². The van der Waals surface area contributed by atoms with Gasteiger partial charge in [-0.05, 0) is 13.0 Å². The zero-order valence-electron chi connectivity index (χ0n) is 13.9. The van der Waals surface area contributed by atoms with Crippen molar-refractivity contribution in [2.24, 2.45) is 0 Å². The van der Waals surface area contributed by atoms with Crippen molar-refractivity contribution in [1.82, 2.24) is 10.2 Å². The fourth-order valence-electron chi connectivity index (χ4n) is 2.32. The minimum absolute atomic E-state index is 0.146. The molecule has 0 aliphatic heterocycles. The fourth-order valence-corrected chi connectivity index (χ4v) is 2.32. The molecular weight excluding hydrogens is 320 g/mol. The number of benzene rings is 2. The van der Waals surface area contributed by atoms with E-state index in [1.165, 1.54) is 0 Å². The molecule has 6 heteroatoms. The first-order chi connectivity index (χ1) is 12.0. The van der Waals surface area contributed by atoms with Crippen LogP contribution in [0.5, 0.6) is 0 Å². The summed E-state index contributed by atoms with van der Waals surface area (Å²) in [5.74, 6) is -0.262. The number of hydrogen-bond donors (Lipinski definition) is 0. The molecule has 0 spiro atoms. The van der Waals surface area contributed by atoms with E-state index in [2.05, 4.69) is 10.2 Å². The van der Waals surface area contributed by atoms with Crippen LogP contribution in [0.4, 0.5) is 0 Å². The summed E-state index contributed by atoms with van der Waals surface area (Å²) in [6, 6.07) is 13.7. The Bertz CT molecular complexity index is 913. The lowest BCUT2D eigenvalue weighted by Gasteiger charge is -2.08. The Morgan fingerprint density at radius 2 is 1.64 bits per heavy atom. The molecule has 2 aromatic carbocycles. The summed E-state index contributed by atoms with van der Waals surface area (Å²) in [4.78, 5) is 25.1. The first kappa shape index (κ1) is 16.6. The van der Waals surface area contributed by atoms with E-state index in [4.69, 9.17) is 9.15 Å². The molecule has 0 aliphatic rings. The number of aryl methyl sites for hydroxylation is 2. The van der Waals surface area contributed by atoms with Crippen LogP contribution in [0.2, 0.25) is 0 Å². The standard InChI is InChI=1S/C19H16N2O4/c1-12-7-9-14(10-8-12)18(22)15-5-3-4-6-16(15)19(23)24-11-17-21-20-13(2)25-17/h3-10H,11H2,1-2H3. The maximum absolute atomic E-state index is 12.7. The average molecular weight is 336 g/mol. The lowest BCUT2D eigenvalue weighted by Crippen LogP contribution is -2.12. The second-order valence-electron chi connectivity index (χ2n) is 5.53. The van der Waals surface area contributed by atoms with Gasteiger partial charge in [0.15, 0.2) is 12.4 Å². The third kappa shape index (κ3) is 3.80. The second-order valence-corrected chi connectivity index (χ2v) is 5.53. The molecule has 0 unspecified atom stereocenters. The van der Waals surface area contributed by atoms with E-state index in [1.54, 1.807) is 43.3 Å². The highest BCUT2D eigenvalue weighted by Gasteiger charge is 2.19. The van der Waals surface area contributed by atoms with Gasteiger partial charge < -0.3 is 9.15 Å². The molecule has 0 saturated heterocycles. The van der Waals surface area contributed by atoms with Crippen LogP contribution in [0.1, 0.15) is 43.6 Å². The Morgan fingerprint density at radius 1 is 0.960 bits per heavy atom. The molecule has 0 N–H and O–H groups in total. The number of hydrogen-bond acceptors (Lipinski definition) is 6. The maximum atomic E-state index is 12.7. The number of nitrogens with zero attached hydrogens (tertiary/aromatic N) is 2. The van der Waals surface area contributed by atoms with Crippen LogP contribution in [0.3, 0.4) is 0 Å². The average Bonchev–Trinajstić information content (AvgIpc) is 3.05. The van der Waals surface area contributed by atoms with Gasteiger partial charge >= 0.3 is 5.97 Å². The number of carbonyl (C=O) groups excluding carboxylic acids is 2. The van der Waals surface area contributed by atoms with E-state index in [0.29, 0.717) is 11.5 Å². The molecule has 3 aromatic rings. The largest absolute Gasteiger partial charge is 0.452 e. The molecular formula is C19H16N2O4. The van der Waals surface area contributed by atoms with Crippen LogP contribution in [-0.4, -0.2) is 21.9 Å². The summed E-state index contributed by atoms with van der Waals surface area (Å²) in [6.45, 7) is 3.44. The predicted molar refractivity (Wildman–Crippen MR) is 89.2 cm³/mol. The minimum atomic E-state index is -0.619.